The minimum Gasteiger partial charge on any atom is -0.489 e. The minimum atomic E-state index is -3.51. The minimum absolute atomic E-state index is 0.0461. The Hall–Kier alpha value is -4.41. The highest BCUT2D eigenvalue weighted by Crippen LogP contribution is 2.38. The maximum Gasteiger partial charge on any atom is 0.335 e. The first-order valence-electron chi connectivity index (χ1n) is 15.6. The summed E-state index contributed by atoms with van der Waals surface area (Å²) in [6.07, 6.45) is 6.31. The van der Waals surface area contributed by atoms with E-state index >= 15 is 4.39 Å². The molecule has 6 rings (SSSR count). The number of ether oxygens (including phenoxy) is 1. The van der Waals surface area contributed by atoms with Gasteiger partial charge in [0, 0.05) is 23.7 Å². The largest absolute Gasteiger partial charge is 0.489 e. The lowest BCUT2D eigenvalue weighted by atomic mass is 9.94. The fraction of sp³-hybridized carbons (Fsp3) is 0.278. The van der Waals surface area contributed by atoms with Gasteiger partial charge in [0.25, 0.3) is 0 Å². The fourth-order valence-electron chi connectivity index (χ4n) is 6.43. The van der Waals surface area contributed by atoms with Gasteiger partial charge in [0.2, 0.25) is 10.0 Å². The molecule has 11 heteroatoms. The zero-order chi connectivity index (χ0) is 33.3. The van der Waals surface area contributed by atoms with E-state index in [1.54, 1.807) is 55.5 Å². The average molecular weight is 676 g/mol. The van der Waals surface area contributed by atoms with E-state index in [0.717, 1.165) is 55.0 Å². The number of anilines is 1. The maximum absolute atomic E-state index is 16.0. The van der Waals surface area contributed by atoms with E-state index in [2.05, 4.69) is 4.57 Å². The van der Waals surface area contributed by atoms with Crippen LogP contribution in [0.5, 0.6) is 5.75 Å². The number of aromatic nitrogens is 2. The third-order valence-corrected chi connectivity index (χ3v) is 10.2. The van der Waals surface area contributed by atoms with Crippen LogP contribution in [-0.4, -0.2) is 41.8 Å². The van der Waals surface area contributed by atoms with Gasteiger partial charge in [0.15, 0.2) is 0 Å². The van der Waals surface area contributed by atoms with Crippen molar-refractivity contribution in [1.29, 1.82) is 0 Å². The fourth-order valence-corrected chi connectivity index (χ4v) is 7.52. The number of benzene rings is 4. The Balaban J connectivity index is 1.35. The number of imidazole rings is 1. The lowest BCUT2D eigenvalue weighted by molar-refractivity contribution is 0.0697. The number of halogens is 2. The molecule has 47 heavy (non-hydrogen) atoms. The molecule has 1 heterocycles. The normalized spacial score (nSPS) is 14.0. The van der Waals surface area contributed by atoms with Crippen LogP contribution in [0, 0.1) is 5.82 Å². The van der Waals surface area contributed by atoms with E-state index in [-0.39, 0.29) is 24.8 Å². The summed E-state index contributed by atoms with van der Waals surface area (Å²) >= 11 is 6.12. The van der Waals surface area contributed by atoms with Gasteiger partial charge in [-0.25, -0.2) is 22.6 Å². The molecule has 1 aliphatic carbocycles. The van der Waals surface area contributed by atoms with E-state index in [1.807, 2.05) is 18.2 Å². The van der Waals surface area contributed by atoms with Crippen LogP contribution in [0.25, 0.3) is 33.5 Å². The zero-order valence-electron chi connectivity index (χ0n) is 26.1. The van der Waals surface area contributed by atoms with Gasteiger partial charge in [0.05, 0.1) is 34.1 Å². The molecule has 0 radical (unpaired) electrons. The van der Waals surface area contributed by atoms with Crippen molar-refractivity contribution in [3.8, 4) is 28.3 Å². The quantitative estimate of drug-likeness (QED) is 0.159. The van der Waals surface area contributed by atoms with Gasteiger partial charge in [-0.15, -0.1) is 0 Å². The lowest BCUT2D eigenvalue weighted by Gasteiger charge is -2.26. The van der Waals surface area contributed by atoms with Gasteiger partial charge in [0.1, 0.15) is 24.0 Å². The molecule has 0 unspecified atom stereocenters. The van der Waals surface area contributed by atoms with E-state index in [0.29, 0.717) is 38.9 Å². The number of hydrogen-bond donors (Lipinski definition) is 1. The summed E-state index contributed by atoms with van der Waals surface area (Å²) in [6, 6.07) is 22.3. The number of rotatable bonds is 10. The highest BCUT2D eigenvalue weighted by Gasteiger charge is 2.25. The van der Waals surface area contributed by atoms with E-state index in [9.17, 15) is 18.3 Å². The third kappa shape index (κ3) is 6.84. The maximum atomic E-state index is 16.0. The standard InChI is InChI=1S/C36H35ClFN3O5S/c1-3-40(47(2,44)45)28-14-16-30(23-9-12-26(37)13-10-23)25(19-28)22-46-29-15-17-31(32(38)21-29)35-39-33-20-24(36(42)43)11-18-34(33)41(35)27-7-5-4-6-8-27/h9-21,27H,3-8,22H2,1-2H3,(H,42,43). The molecule has 5 aromatic rings. The first-order valence-corrected chi connectivity index (χ1v) is 17.8. The van der Waals surface area contributed by atoms with E-state index in [1.165, 1.54) is 16.4 Å². The summed E-state index contributed by atoms with van der Waals surface area (Å²) in [5, 5.41) is 10.1. The number of nitrogens with zero attached hydrogens (tertiary/aromatic N) is 3. The lowest BCUT2D eigenvalue weighted by Crippen LogP contribution is -2.29. The number of carbonyl (C=O) groups is 1. The van der Waals surface area contributed by atoms with E-state index in [4.69, 9.17) is 21.3 Å². The second kappa shape index (κ2) is 13.4. The van der Waals surface area contributed by atoms with Crippen molar-refractivity contribution in [2.75, 3.05) is 17.1 Å². The molecule has 0 bridgehead atoms. The summed E-state index contributed by atoms with van der Waals surface area (Å²) in [5.41, 5.74) is 4.63. The Morgan fingerprint density at radius 3 is 2.38 bits per heavy atom. The van der Waals surface area contributed by atoms with Crippen LogP contribution >= 0.6 is 11.6 Å². The molecule has 244 valence electrons. The number of sulfonamides is 1. The molecule has 0 saturated heterocycles. The first kappa shape index (κ1) is 32.5. The highest BCUT2D eigenvalue weighted by molar-refractivity contribution is 7.92. The van der Waals surface area contributed by atoms with Crippen molar-refractivity contribution in [1.82, 2.24) is 9.55 Å². The van der Waals surface area contributed by atoms with Crippen molar-refractivity contribution in [2.24, 2.45) is 0 Å². The average Bonchev–Trinajstić information content (AvgIpc) is 3.43. The second-order valence-corrected chi connectivity index (χ2v) is 14.2. The molecule has 1 saturated carbocycles. The van der Waals surface area contributed by atoms with Crippen LogP contribution in [0.15, 0.2) is 78.9 Å². The van der Waals surface area contributed by atoms with E-state index < -0.39 is 21.8 Å². The summed E-state index contributed by atoms with van der Waals surface area (Å²) < 4.78 is 50.4. The Bertz CT molecular complexity index is 2060. The summed E-state index contributed by atoms with van der Waals surface area (Å²) in [6.45, 7) is 2.07. The number of carboxylic acids is 1. The van der Waals surface area contributed by atoms with Crippen molar-refractivity contribution in [3.05, 3.63) is 101 Å². The first-order chi connectivity index (χ1) is 22.5. The number of hydrogen-bond acceptors (Lipinski definition) is 5. The van der Waals surface area contributed by atoms with Gasteiger partial charge in [-0.2, -0.15) is 0 Å². The van der Waals surface area contributed by atoms with Crippen molar-refractivity contribution in [3.63, 3.8) is 0 Å². The summed E-state index contributed by atoms with van der Waals surface area (Å²) in [4.78, 5) is 16.4. The molecular formula is C36H35ClFN3O5S. The van der Waals surface area contributed by atoms with Crippen LogP contribution in [0.2, 0.25) is 5.02 Å². The molecule has 1 N–H and O–H groups in total. The van der Waals surface area contributed by atoms with Crippen molar-refractivity contribution >= 4 is 44.3 Å². The molecule has 8 nitrogen and oxygen atoms in total. The Kier molecular flexibility index (Phi) is 9.25. The van der Waals surface area contributed by atoms with Crippen LogP contribution in [0.4, 0.5) is 10.1 Å². The topological polar surface area (TPSA) is 102 Å². The van der Waals surface area contributed by atoms with Crippen LogP contribution in [0.1, 0.15) is 61.0 Å². The second-order valence-electron chi connectivity index (χ2n) is 11.8. The van der Waals surface area contributed by atoms with Gasteiger partial charge in [-0.1, -0.05) is 49.1 Å². The molecule has 0 spiro atoms. The number of fused-ring (bicyclic) bond motifs is 1. The van der Waals surface area contributed by atoms with Gasteiger partial charge in [-0.3, -0.25) is 4.31 Å². The van der Waals surface area contributed by atoms with Crippen LogP contribution in [-0.2, 0) is 16.6 Å². The summed E-state index contributed by atoms with van der Waals surface area (Å²) in [5.74, 6) is -0.814. The van der Waals surface area contributed by atoms with Gasteiger partial charge < -0.3 is 14.4 Å². The Morgan fingerprint density at radius 1 is 1.00 bits per heavy atom. The zero-order valence-corrected chi connectivity index (χ0v) is 27.7. The predicted octanol–water partition coefficient (Wildman–Crippen LogP) is 8.73. The molecular weight excluding hydrogens is 641 g/mol. The molecule has 0 atom stereocenters. The monoisotopic (exact) mass is 675 g/mol. The predicted molar refractivity (Wildman–Crippen MR) is 183 cm³/mol. The number of aromatic carboxylic acids is 1. The third-order valence-electron chi connectivity index (χ3n) is 8.67. The molecule has 1 aromatic heterocycles. The van der Waals surface area contributed by atoms with Crippen molar-refractivity contribution < 1.29 is 27.4 Å². The molecule has 1 aliphatic rings. The molecule has 0 amide bonds. The molecule has 4 aromatic carbocycles. The smallest absolute Gasteiger partial charge is 0.335 e. The van der Waals surface area contributed by atoms with Gasteiger partial charge in [-0.05, 0) is 91.1 Å². The Morgan fingerprint density at radius 2 is 1.72 bits per heavy atom. The Labute approximate surface area is 278 Å². The molecule has 0 aliphatic heterocycles. The van der Waals surface area contributed by atoms with Crippen molar-refractivity contribution in [2.45, 2.75) is 51.7 Å². The summed E-state index contributed by atoms with van der Waals surface area (Å²) in [7, 11) is -3.51. The highest BCUT2D eigenvalue weighted by atomic mass is 35.5. The number of carboxylic acid groups (broad SMARTS) is 1. The SMILES string of the molecule is CCN(c1ccc(-c2ccc(Cl)cc2)c(COc2ccc(-c3nc4cc(C(=O)O)ccc4n3C3CCCCC3)c(F)c2)c1)S(C)(=O)=O. The molecule has 1 fully saturated rings. The van der Waals surface area contributed by atoms with Gasteiger partial charge >= 0.3 is 5.97 Å². The van der Waals surface area contributed by atoms with Crippen LogP contribution in [0.3, 0.4) is 0 Å². The van der Waals surface area contributed by atoms with Crippen LogP contribution < -0.4 is 9.04 Å².